The average molecular weight is 466 g/mol. The van der Waals surface area contributed by atoms with E-state index in [0.29, 0.717) is 5.17 Å². The van der Waals surface area contributed by atoms with Gasteiger partial charge in [-0.05, 0) is 37.1 Å². The molecule has 0 spiro atoms. The normalized spacial score (nSPS) is 21.7. The summed E-state index contributed by atoms with van der Waals surface area (Å²) in [5.41, 5.74) is 2.66. The molecule has 31 heavy (non-hydrogen) atoms. The number of aliphatic imine (C=N–C) groups is 1. The van der Waals surface area contributed by atoms with E-state index in [0.717, 1.165) is 40.7 Å². The number of halogens is 2. The molecule has 2 aliphatic heterocycles. The lowest BCUT2D eigenvalue weighted by molar-refractivity contribution is -0.113. The second kappa shape index (κ2) is 8.23. The minimum Gasteiger partial charge on any atom is -0.325 e. The summed E-state index contributed by atoms with van der Waals surface area (Å²) < 4.78 is 52.1. The average Bonchev–Trinajstić information content (AvgIpc) is 3.15. The van der Waals surface area contributed by atoms with E-state index in [-0.39, 0.29) is 28.9 Å². The van der Waals surface area contributed by atoms with Crippen molar-refractivity contribution >= 4 is 44.0 Å². The van der Waals surface area contributed by atoms with Crippen LogP contribution in [0.2, 0.25) is 0 Å². The minimum absolute atomic E-state index is 0.0120. The molecule has 2 heterocycles. The lowest BCUT2D eigenvalue weighted by atomic mass is 10.1. The van der Waals surface area contributed by atoms with Gasteiger partial charge in [0.2, 0.25) is 5.91 Å². The smallest absolute Gasteiger partial charge is 0.234 e. The number of nitrogens with zero attached hydrogens (tertiary/aromatic N) is 2. The number of carbonyl (C=O) groups is 1. The van der Waals surface area contributed by atoms with Gasteiger partial charge in [0.05, 0.1) is 35.0 Å². The van der Waals surface area contributed by atoms with Crippen molar-refractivity contribution in [3.05, 3.63) is 59.2 Å². The number of fused-ring (bicyclic) bond motifs is 1. The zero-order valence-corrected chi connectivity index (χ0v) is 18.6. The Bertz CT molecular complexity index is 1160. The number of anilines is 2. The molecule has 2 aliphatic rings. The summed E-state index contributed by atoms with van der Waals surface area (Å²) >= 11 is 1.10. The molecular formula is C21H21F2N3O3S2. The molecule has 1 amide bonds. The van der Waals surface area contributed by atoms with Crippen molar-refractivity contribution in [2.45, 2.75) is 25.9 Å². The standard InChI is InChI=1S/C21H21F2N3O3S2/c1-12-4-3-5-13(2)20(12)25-19(27)9-30-21-24-16-10-31(28,29)11-18(16)26(21)17-7-6-14(22)8-15(17)23/h3-8,16,18H,9-11H2,1-2H3,(H,25,27)/t16-,18+/m1/s1. The number of benzene rings is 2. The van der Waals surface area contributed by atoms with E-state index in [1.807, 2.05) is 32.0 Å². The number of rotatable bonds is 4. The molecule has 164 valence electrons. The van der Waals surface area contributed by atoms with E-state index in [2.05, 4.69) is 10.3 Å². The summed E-state index contributed by atoms with van der Waals surface area (Å²) in [7, 11) is -3.31. The minimum atomic E-state index is -3.31. The Hall–Kier alpha value is -2.46. The molecule has 0 aromatic heterocycles. The Balaban J connectivity index is 1.55. The molecule has 0 saturated carbocycles. The van der Waals surface area contributed by atoms with Gasteiger partial charge in [-0.1, -0.05) is 30.0 Å². The SMILES string of the molecule is Cc1cccc(C)c1NC(=O)CSC1=N[C@@H]2CS(=O)(=O)C[C@@H]2N1c1ccc(F)cc1F. The second-order valence-electron chi connectivity index (χ2n) is 7.69. The highest BCUT2D eigenvalue weighted by Gasteiger charge is 2.47. The fraction of sp³-hybridized carbons (Fsp3) is 0.333. The first-order valence-electron chi connectivity index (χ1n) is 9.66. The maximum absolute atomic E-state index is 14.5. The van der Waals surface area contributed by atoms with Crippen molar-refractivity contribution in [2.24, 2.45) is 4.99 Å². The molecule has 0 radical (unpaired) electrons. The van der Waals surface area contributed by atoms with Crippen LogP contribution in [-0.2, 0) is 14.6 Å². The Kier molecular flexibility index (Phi) is 5.78. The predicted molar refractivity (Wildman–Crippen MR) is 120 cm³/mol. The molecule has 1 N–H and O–H groups in total. The third-order valence-electron chi connectivity index (χ3n) is 5.35. The van der Waals surface area contributed by atoms with Crippen molar-refractivity contribution in [2.75, 3.05) is 27.5 Å². The maximum atomic E-state index is 14.5. The highest BCUT2D eigenvalue weighted by atomic mass is 32.2. The number of thioether (sulfide) groups is 1. The lowest BCUT2D eigenvalue weighted by Crippen LogP contribution is -2.40. The topological polar surface area (TPSA) is 78.8 Å². The molecular weight excluding hydrogens is 444 g/mol. The second-order valence-corrected chi connectivity index (χ2v) is 10.8. The number of hydrogen-bond donors (Lipinski definition) is 1. The number of sulfone groups is 1. The Morgan fingerprint density at radius 1 is 1.19 bits per heavy atom. The maximum Gasteiger partial charge on any atom is 0.234 e. The summed E-state index contributed by atoms with van der Waals surface area (Å²) in [5, 5.41) is 3.24. The van der Waals surface area contributed by atoms with Crippen LogP contribution in [0.25, 0.3) is 0 Å². The number of carbonyl (C=O) groups excluding carboxylic acids is 1. The van der Waals surface area contributed by atoms with Crippen LogP contribution in [0.5, 0.6) is 0 Å². The van der Waals surface area contributed by atoms with Crippen LogP contribution < -0.4 is 10.2 Å². The monoisotopic (exact) mass is 465 g/mol. The zero-order valence-electron chi connectivity index (χ0n) is 16.9. The molecule has 6 nitrogen and oxygen atoms in total. The molecule has 1 fully saturated rings. The van der Waals surface area contributed by atoms with Crippen molar-refractivity contribution in [3.8, 4) is 0 Å². The number of aryl methyl sites for hydroxylation is 2. The van der Waals surface area contributed by atoms with Gasteiger partial charge >= 0.3 is 0 Å². The number of amidine groups is 1. The molecule has 1 saturated heterocycles. The zero-order chi connectivity index (χ0) is 22.3. The molecule has 2 atom stereocenters. The van der Waals surface area contributed by atoms with Crippen LogP contribution in [0, 0.1) is 25.5 Å². The first-order chi connectivity index (χ1) is 14.6. The molecule has 0 unspecified atom stereocenters. The van der Waals surface area contributed by atoms with E-state index < -0.39 is 33.6 Å². The van der Waals surface area contributed by atoms with Crippen molar-refractivity contribution < 1.29 is 22.0 Å². The summed E-state index contributed by atoms with van der Waals surface area (Å²) in [6.45, 7) is 3.80. The van der Waals surface area contributed by atoms with Crippen molar-refractivity contribution in [1.82, 2.24) is 0 Å². The van der Waals surface area contributed by atoms with Crippen LogP contribution in [0.15, 0.2) is 41.4 Å². The first-order valence-corrected chi connectivity index (χ1v) is 12.5. The van der Waals surface area contributed by atoms with E-state index >= 15 is 0 Å². The third-order valence-corrected chi connectivity index (χ3v) is 8.02. The first kappa shape index (κ1) is 21.8. The van der Waals surface area contributed by atoms with Crippen LogP contribution in [-0.4, -0.2) is 48.8 Å². The Morgan fingerprint density at radius 3 is 2.58 bits per heavy atom. The Morgan fingerprint density at radius 2 is 1.90 bits per heavy atom. The van der Waals surface area contributed by atoms with Crippen molar-refractivity contribution in [3.63, 3.8) is 0 Å². The summed E-state index contributed by atoms with van der Waals surface area (Å²) in [6, 6.07) is 7.73. The van der Waals surface area contributed by atoms with Crippen molar-refractivity contribution in [1.29, 1.82) is 0 Å². The molecule has 2 aromatic carbocycles. The highest BCUT2D eigenvalue weighted by Crippen LogP contribution is 2.36. The number of hydrogen-bond acceptors (Lipinski definition) is 6. The van der Waals surface area contributed by atoms with E-state index in [4.69, 9.17) is 0 Å². The molecule has 10 heteroatoms. The van der Waals surface area contributed by atoms with Gasteiger partial charge in [-0.3, -0.25) is 9.79 Å². The molecule has 4 rings (SSSR count). The fourth-order valence-corrected chi connectivity index (χ4v) is 6.67. The van der Waals surface area contributed by atoms with Gasteiger partial charge in [0, 0.05) is 11.8 Å². The van der Waals surface area contributed by atoms with Gasteiger partial charge in [0.15, 0.2) is 15.0 Å². The van der Waals surface area contributed by atoms with E-state index in [9.17, 15) is 22.0 Å². The van der Waals surface area contributed by atoms with E-state index in [1.165, 1.54) is 11.0 Å². The van der Waals surface area contributed by atoms with Gasteiger partial charge < -0.3 is 10.2 Å². The van der Waals surface area contributed by atoms with Gasteiger partial charge in [-0.2, -0.15) is 0 Å². The van der Waals surface area contributed by atoms with Crippen LogP contribution in [0.3, 0.4) is 0 Å². The number of nitrogens with one attached hydrogen (secondary N) is 1. The van der Waals surface area contributed by atoms with Gasteiger partial charge in [-0.15, -0.1) is 0 Å². The lowest BCUT2D eigenvalue weighted by Gasteiger charge is -2.26. The molecule has 0 bridgehead atoms. The Labute approximate surface area is 183 Å². The third kappa shape index (κ3) is 4.45. The van der Waals surface area contributed by atoms with Gasteiger partial charge in [0.25, 0.3) is 0 Å². The van der Waals surface area contributed by atoms with Crippen LogP contribution in [0.4, 0.5) is 20.2 Å². The van der Waals surface area contributed by atoms with Crippen LogP contribution >= 0.6 is 11.8 Å². The summed E-state index contributed by atoms with van der Waals surface area (Å²) in [4.78, 5) is 18.5. The fourth-order valence-electron chi connectivity index (χ4n) is 3.91. The number of amides is 1. The summed E-state index contributed by atoms with van der Waals surface area (Å²) in [6.07, 6.45) is 0. The molecule has 0 aliphatic carbocycles. The summed E-state index contributed by atoms with van der Waals surface area (Å²) in [5.74, 6) is -2.08. The highest BCUT2D eigenvalue weighted by molar-refractivity contribution is 8.14. The predicted octanol–water partition coefficient (Wildman–Crippen LogP) is 3.30. The quantitative estimate of drug-likeness (QED) is 0.750. The largest absolute Gasteiger partial charge is 0.325 e. The van der Waals surface area contributed by atoms with E-state index in [1.54, 1.807) is 0 Å². The number of para-hydroxylation sites is 1. The van der Waals surface area contributed by atoms with Crippen LogP contribution in [0.1, 0.15) is 11.1 Å². The molecule has 2 aromatic rings. The van der Waals surface area contributed by atoms with Gasteiger partial charge in [0.1, 0.15) is 11.6 Å². The van der Waals surface area contributed by atoms with Gasteiger partial charge in [-0.25, -0.2) is 17.2 Å².